The van der Waals surface area contributed by atoms with Crippen LogP contribution in [0.15, 0.2) is 24.3 Å². The number of alkyl halides is 8. The second-order valence-electron chi connectivity index (χ2n) is 6.52. The fourth-order valence-corrected chi connectivity index (χ4v) is 12.9. The summed E-state index contributed by atoms with van der Waals surface area (Å²) >= 11 is 31.7. The summed E-state index contributed by atoms with van der Waals surface area (Å²) < 4.78 is -2.08. The molecule has 1 aromatic rings. The Hall–Kier alpha value is 3.06. The molecule has 1 fully saturated rings. The smallest absolute Gasteiger partial charge is 0.0839 e. The molecule has 0 aromatic heterocycles. The highest BCUT2D eigenvalue weighted by atomic mass is 79.9. The first kappa shape index (κ1) is 23.3. The Balaban J connectivity index is 2.71. The summed E-state index contributed by atoms with van der Waals surface area (Å²) in [6.45, 7) is 6.65. The number of hydrogen-bond acceptors (Lipinski definition) is 0. The van der Waals surface area contributed by atoms with Gasteiger partial charge in [0.2, 0.25) is 0 Å². The zero-order valence-corrected chi connectivity index (χ0v) is 25.8. The van der Waals surface area contributed by atoms with E-state index in [1.165, 1.54) is 11.1 Å². The van der Waals surface area contributed by atoms with Crippen molar-refractivity contribution in [2.24, 2.45) is 0 Å². The van der Waals surface area contributed by atoms with Gasteiger partial charge in [0.15, 0.2) is 0 Å². The maximum Gasteiger partial charge on any atom is 0.132 e. The summed E-state index contributed by atoms with van der Waals surface area (Å²) in [6, 6.07) is 8.55. The van der Waals surface area contributed by atoms with Crippen molar-refractivity contribution in [2.45, 2.75) is 51.5 Å². The van der Waals surface area contributed by atoms with Crippen molar-refractivity contribution in [1.82, 2.24) is 0 Å². The van der Waals surface area contributed by atoms with Gasteiger partial charge in [0.1, 0.15) is 9.70 Å². The number of benzene rings is 1. The van der Waals surface area contributed by atoms with Crippen molar-refractivity contribution in [1.29, 1.82) is 0 Å². The minimum atomic E-state index is -0.550. The second kappa shape index (κ2) is 7.39. The molecule has 1 saturated carbocycles. The van der Waals surface area contributed by atoms with E-state index in [-0.39, 0.29) is 17.8 Å². The summed E-state index contributed by atoms with van der Waals surface area (Å²) in [6.07, 6.45) is 0.816. The zero-order valence-electron chi connectivity index (χ0n) is 13.1. The SMILES string of the molecule is Cc1ccccc1C(C)C1(Br)C(C)(Br)CC(Br)(Br)C(Br)(Br)C1(Br)Br. The van der Waals surface area contributed by atoms with Gasteiger partial charge in [0.25, 0.3) is 0 Å². The van der Waals surface area contributed by atoms with Crippen LogP contribution in [0.25, 0.3) is 0 Å². The summed E-state index contributed by atoms with van der Waals surface area (Å²) in [5, 5.41) is 0. The molecule has 1 aliphatic rings. The topological polar surface area (TPSA) is 0 Å². The molecule has 0 saturated heterocycles. The van der Waals surface area contributed by atoms with Crippen LogP contribution >= 0.6 is 127 Å². The fourth-order valence-electron chi connectivity index (χ4n) is 3.45. The van der Waals surface area contributed by atoms with E-state index >= 15 is 0 Å². The Morgan fingerprint density at radius 3 is 1.88 bits per heavy atom. The van der Waals surface area contributed by atoms with Crippen molar-refractivity contribution < 1.29 is 0 Å². The van der Waals surface area contributed by atoms with E-state index in [1.807, 2.05) is 0 Å². The van der Waals surface area contributed by atoms with E-state index in [0.29, 0.717) is 0 Å². The molecule has 0 amide bonds. The zero-order chi connectivity index (χ0) is 18.8. The van der Waals surface area contributed by atoms with Crippen LogP contribution in [0.2, 0.25) is 0 Å². The van der Waals surface area contributed by atoms with Gasteiger partial charge in [-0.1, -0.05) is 159 Å². The predicted octanol–water partition coefficient (Wildman–Crippen LogP) is 9.25. The van der Waals surface area contributed by atoms with Crippen LogP contribution in [0.1, 0.15) is 37.3 Å². The molecule has 0 radical (unpaired) electrons. The molecule has 2 rings (SSSR count). The highest BCUT2D eigenvalue weighted by Crippen LogP contribution is 2.76. The van der Waals surface area contributed by atoms with Crippen LogP contribution in [0.3, 0.4) is 0 Å². The van der Waals surface area contributed by atoms with Crippen molar-refractivity contribution in [3.63, 3.8) is 0 Å². The van der Waals surface area contributed by atoms with E-state index in [9.17, 15) is 0 Å². The average Bonchev–Trinajstić information content (AvgIpc) is 2.43. The highest BCUT2D eigenvalue weighted by molar-refractivity contribution is 9.33. The number of aryl methyl sites for hydroxylation is 1. The van der Waals surface area contributed by atoms with Crippen LogP contribution in [-0.2, 0) is 0 Å². The van der Waals surface area contributed by atoms with Crippen LogP contribution in [0.5, 0.6) is 0 Å². The molecule has 3 atom stereocenters. The molecular weight excluding hydrogens is 831 g/mol. The quantitative estimate of drug-likeness (QED) is 0.261. The van der Waals surface area contributed by atoms with Gasteiger partial charge in [-0.05, 0) is 31.4 Å². The molecule has 1 aromatic carbocycles. The summed E-state index contributed by atoms with van der Waals surface area (Å²) in [7, 11) is 0. The lowest BCUT2D eigenvalue weighted by atomic mass is 9.70. The molecule has 0 aliphatic heterocycles. The molecule has 0 bridgehead atoms. The van der Waals surface area contributed by atoms with Crippen LogP contribution in [-0.4, -0.2) is 18.3 Å². The molecule has 3 unspecified atom stereocenters. The van der Waals surface area contributed by atoms with Gasteiger partial charge >= 0.3 is 0 Å². The largest absolute Gasteiger partial charge is 0.132 e. The Morgan fingerprint density at radius 2 is 1.38 bits per heavy atom. The first-order chi connectivity index (χ1) is 10.6. The van der Waals surface area contributed by atoms with Gasteiger partial charge in [-0.3, -0.25) is 0 Å². The minimum Gasteiger partial charge on any atom is -0.0839 e. The predicted molar refractivity (Wildman–Crippen MR) is 135 cm³/mol. The minimum absolute atomic E-state index is 0.201. The molecule has 0 spiro atoms. The Kier molecular flexibility index (Phi) is 7.19. The third kappa shape index (κ3) is 3.32. The summed E-state index contributed by atoms with van der Waals surface area (Å²) in [4.78, 5) is 0. The van der Waals surface area contributed by atoms with Gasteiger partial charge in [-0.2, -0.15) is 0 Å². The van der Waals surface area contributed by atoms with Crippen molar-refractivity contribution in [2.75, 3.05) is 0 Å². The molecule has 1 aliphatic carbocycles. The summed E-state index contributed by atoms with van der Waals surface area (Å²) in [5.41, 5.74) is 2.60. The molecule has 8 heteroatoms. The molecular formula is C16H16Br8. The molecule has 136 valence electrons. The highest BCUT2D eigenvalue weighted by Gasteiger charge is 2.76. The lowest BCUT2D eigenvalue weighted by Gasteiger charge is -2.64. The lowest BCUT2D eigenvalue weighted by molar-refractivity contribution is 0.305. The van der Waals surface area contributed by atoms with Crippen molar-refractivity contribution >= 4 is 127 Å². The van der Waals surface area contributed by atoms with Gasteiger partial charge < -0.3 is 0 Å². The van der Waals surface area contributed by atoms with Gasteiger partial charge in [-0.15, -0.1) is 0 Å². The van der Waals surface area contributed by atoms with Gasteiger partial charge in [0, 0.05) is 10.2 Å². The third-order valence-electron chi connectivity index (χ3n) is 4.87. The van der Waals surface area contributed by atoms with Crippen molar-refractivity contribution in [3.8, 4) is 0 Å². The number of hydrogen-bond donors (Lipinski definition) is 0. The fraction of sp³-hybridized carbons (Fsp3) is 0.625. The van der Waals surface area contributed by atoms with E-state index < -0.39 is 6.47 Å². The van der Waals surface area contributed by atoms with Crippen LogP contribution in [0, 0.1) is 6.92 Å². The van der Waals surface area contributed by atoms with E-state index in [4.69, 9.17) is 0 Å². The van der Waals surface area contributed by atoms with E-state index in [0.717, 1.165) is 6.42 Å². The summed E-state index contributed by atoms with van der Waals surface area (Å²) in [5.74, 6) is 0.201. The molecule has 0 nitrogen and oxygen atoms in total. The maximum absolute atomic E-state index is 4.16. The normalized spacial score (nSPS) is 35.5. The monoisotopic (exact) mass is 839 g/mol. The Bertz CT molecular complexity index is 637. The first-order valence-electron chi connectivity index (χ1n) is 7.20. The lowest BCUT2D eigenvalue weighted by Crippen LogP contribution is -2.72. The molecule has 0 N–H and O–H groups in total. The van der Waals surface area contributed by atoms with Crippen LogP contribution in [0.4, 0.5) is 0 Å². The molecule has 24 heavy (non-hydrogen) atoms. The third-order valence-corrected chi connectivity index (χ3v) is 20.5. The second-order valence-corrected chi connectivity index (χ2v) is 20.2. The standard InChI is InChI=1S/C16H16Br8/c1-9-6-4-5-7-11(9)10(2)14(20)12(3,17)8-13(18,19)15(21,22)16(14,23)24/h4-7,10H,8H2,1-3H3. The van der Waals surface area contributed by atoms with Crippen molar-refractivity contribution in [3.05, 3.63) is 35.4 Å². The van der Waals surface area contributed by atoms with E-state index in [2.05, 4.69) is 172 Å². The molecule has 0 heterocycles. The Labute approximate surface area is 211 Å². The number of halogens is 8. The maximum atomic E-state index is 4.16. The van der Waals surface area contributed by atoms with E-state index in [1.54, 1.807) is 0 Å². The van der Waals surface area contributed by atoms with Gasteiger partial charge in [-0.25, -0.2) is 0 Å². The van der Waals surface area contributed by atoms with Gasteiger partial charge in [0.05, 0.1) is 4.32 Å². The number of rotatable bonds is 2. The Morgan fingerprint density at radius 1 is 0.875 bits per heavy atom. The first-order valence-corrected chi connectivity index (χ1v) is 13.5. The van der Waals surface area contributed by atoms with Crippen LogP contribution < -0.4 is 0 Å². The average molecular weight is 848 g/mol.